The maximum Gasteiger partial charge on any atom is 0.254 e. The van der Waals surface area contributed by atoms with Crippen LogP contribution in [0.2, 0.25) is 5.02 Å². The lowest BCUT2D eigenvalue weighted by Gasteiger charge is -2.42. The third-order valence-electron chi connectivity index (χ3n) is 7.82. The molecule has 2 heterocycles. The highest BCUT2D eigenvalue weighted by molar-refractivity contribution is 6.30. The van der Waals surface area contributed by atoms with Crippen molar-refractivity contribution < 1.29 is 14.0 Å². The quantitative estimate of drug-likeness (QED) is 0.315. The Morgan fingerprint density at radius 2 is 1.75 bits per heavy atom. The van der Waals surface area contributed by atoms with E-state index >= 15 is 0 Å². The highest BCUT2D eigenvalue weighted by Crippen LogP contribution is 2.29. The normalized spacial score (nSPS) is 15.1. The summed E-state index contributed by atoms with van der Waals surface area (Å²) in [5.41, 5.74) is 4.05. The third kappa shape index (κ3) is 7.23. The minimum atomic E-state index is -0.282. The first-order chi connectivity index (χ1) is 19.1. The average Bonchev–Trinajstić information content (AvgIpc) is 2.93. The van der Waals surface area contributed by atoms with Gasteiger partial charge in [-0.15, -0.1) is 0 Å². The Hall–Kier alpha value is -3.36. The van der Waals surface area contributed by atoms with Gasteiger partial charge in [-0.1, -0.05) is 11.6 Å². The number of piperidine rings is 1. The smallest absolute Gasteiger partial charge is 0.254 e. The van der Waals surface area contributed by atoms with E-state index in [0.29, 0.717) is 52.2 Å². The van der Waals surface area contributed by atoms with Crippen molar-refractivity contribution in [2.75, 3.05) is 24.5 Å². The molecular weight excluding hydrogens is 529 g/mol. The van der Waals surface area contributed by atoms with E-state index in [1.165, 1.54) is 12.4 Å². The summed E-state index contributed by atoms with van der Waals surface area (Å²) in [5, 5.41) is 3.53. The van der Waals surface area contributed by atoms with Crippen LogP contribution < -0.4 is 10.2 Å². The number of hydrogen-bond donors (Lipinski definition) is 1. The molecule has 7 nitrogen and oxygen atoms in total. The van der Waals surface area contributed by atoms with Gasteiger partial charge >= 0.3 is 0 Å². The van der Waals surface area contributed by atoms with Gasteiger partial charge in [-0.25, -0.2) is 14.4 Å². The molecule has 4 rings (SSSR count). The van der Waals surface area contributed by atoms with E-state index in [2.05, 4.69) is 32.0 Å². The van der Waals surface area contributed by atoms with Crippen LogP contribution in [0.3, 0.4) is 0 Å². The van der Waals surface area contributed by atoms with Crippen LogP contribution in [-0.2, 0) is 6.54 Å². The second-order valence-electron chi connectivity index (χ2n) is 10.5. The number of anilines is 1. The summed E-state index contributed by atoms with van der Waals surface area (Å²) < 4.78 is 14.7. The van der Waals surface area contributed by atoms with E-state index in [4.69, 9.17) is 11.6 Å². The zero-order chi connectivity index (χ0) is 28.8. The number of rotatable bonds is 10. The Labute approximate surface area is 240 Å². The average molecular weight is 566 g/mol. The summed E-state index contributed by atoms with van der Waals surface area (Å²) in [6, 6.07) is 12.7. The van der Waals surface area contributed by atoms with Gasteiger partial charge in [0.15, 0.2) is 5.78 Å². The molecule has 1 unspecified atom stereocenters. The first kappa shape index (κ1) is 29.6. The molecule has 40 heavy (non-hydrogen) atoms. The molecule has 1 fully saturated rings. The second kappa shape index (κ2) is 13.3. The number of Topliss-reactive ketones (excluding diaryl/α,β-unsaturated/α-hetero) is 1. The highest BCUT2D eigenvalue weighted by Gasteiger charge is 2.28. The number of nitrogens with zero attached hydrogens (tertiary/aromatic N) is 4. The van der Waals surface area contributed by atoms with Crippen LogP contribution in [-0.4, -0.2) is 58.3 Å². The summed E-state index contributed by atoms with van der Waals surface area (Å²) >= 11 is 6.19. The molecule has 212 valence electrons. The number of carbonyl (C=O) groups is 2. The van der Waals surface area contributed by atoms with E-state index in [0.717, 1.165) is 38.0 Å². The van der Waals surface area contributed by atoms with Crippen LogP contribution in [0, 0.1) is 19.7 Å². The number of carbonyl (C=O) groups excluding carboxylic acids is 2. The Kier molecular flexibility index (Phi) is 9.87. The molecule has 1 aromatic heterocycles. The van der Waals surface area contributed by atoms with Crippen LogP contribution in [0.4, 0.5) is 10.1 Å². The molecule has 3 aromatic rings. The summed E-state index contributed by atoms with van der Waals surface area (Å²) in [4.78, 5) is 37.4. The second-order valence-corrected chi connectivity index (χ2v) is 11.0. The Bertz CT molecular complexity index is 1320. The number of likely N-dealkylation sites (tertiary alicyclic amines) is 1. The molecular formula is C31H37ClFN5O2. The number of hydrogen-bond acceptors (Lipinski definition) is 6. The van der Waals surface area contributed by atoms with Crippen molar-refractivity contribution in [3.05, 3.63) is 87.7 Å². The van der Waals surface area contributed by atoms with Gasteiger partial charge < -0.3 is 15.1 Å². The van der Waals surface area contributed by atoms with Crippen molar-refractivity contribution in [2.45, 2.75) is 65.6 Å². The molecule has 2 aromatic carbocycles. The van der Waals surface area contributed by atoms with Crippen LogP contribution in [0.5, 0.6) is 0 Å². The van der Waals surface area contributed by atoms with Crippen molar-refractivity contribution in [1.29, 1.82) is 0 Å². The minimum absolute atomic E-state index is 0.0137. The van der Waals surface area contributed by atoms with Crippen LogP contribution >= 0.6 is 11.6 Å². The fourth-order valence-electron chi connectivity index (χ4n) is 5.39. The molecule has 1 saturated heterocycles. The van der Waals surface area contributed by atoms with E-state index in [1.807, 2.05) is 38.1 Å². The first-order valence-corrected chi connectivity index (χ1v) is 14.1. The molecule has 1 aliphatic rings. The number of aromatic nitrogens is 2. The number of benzene rings is 2. The van der Waals surface area contributed by atoms with Gasteiger partial charge in [-0.3, -0.25) is 9.59 Å². The van der Waals surface area contributed by atoms with Gasteiger partial charge in [0.05, 0.1) is 17.0 Å². The van der Waals surface area contributed by atoms with E-state index in [1.54, 1.807) is 19.1 Å². The van der Waals surface area contributed by atoms with Crippen LogP contribution in [0.15, 0.2) is 48.8 Å². The fourth-order valence-corrected chi connectivity index (χ4v) is 5.59. The summed E-state index contributed by atoms with van der Waals surface area (Å²) in [5.74, 6) is -0.406. The number of halogens is 2. The van der Waals surface area contributed by atoms with Gasteiger partial charge in [-0.05, 0) is 89.4 Å². The molecule has 9 heteroatoms. The first-order valence-electron chi connectivity index (χ1n) is 13.8. The molecule has 1 atom stereocenters. The molecule has 0 aliphatic carbocycles. The molecule has 1 N–H and O–H groups in total. The maximum absolute atomic E-state index is 14.7. The minimum Gasteiger partial charge on any atom is -0.364 e. The zero-order valence-electron chi connectivity index (χ0n) is 23.6. The molecule has 0 spiro atoms. The molecule has 0 saturated carbocycles. The predicted molar refractivity (Wildman–Crippen MR) is 157 cm³/mol. The van der Waals surface area contributed by atoms with E-state index in [-0.39, 0.29) is 23.5 Å². The molecule has 1 aliphatic heterocycles. The van der Waals surface area contributed by atoms with Crippen molar-refractivity contribution >= 4 is 29.0 Å². The number of amides is 1. The predicted octanol–water partition coefficient (Wildman–Crippen LogP) is 5.77. The summed E-state index contributed by atoms with van der Waals surface area (Å²) in [6.45, 7) is 10.1. The SMILES string of the molecule is CC(=O)c1ccc(N(Cc2cc(Cl)ccc2F)C2CCN(C(C)CCNC(=O)c3c(C)ncnc3C)CC2)cc1. The Balaban J connectivity index is 1.38. The van der Waals surface area contributed by atoms with Crippen LogP contribution in [0.1, 0.15) is 70.8 Å². The number of ketones is 1. The molecule has 1 amide bonds. The maximum atomic E-state index is 14.7. The molecule has 0 radical (unpaired) electrons. The topological polar surface area (TPSA) is 78.4 Å². The van der Waals surface area contributed by atoms with Crippen molar-refractivity contribution in [3.63, 3.8) is 0 Å². The Morgan fingerprint density at radius 1 is 1.10 bits per heavy atom. The van der Waals surface area contributed by atoms with Crippen molar-refractivity contribution in [2.24, 2.45) is 0 Å². The van der Waals surface area contributed by atoms with E-state index < -0.39 is 0 Å². The van der Waals surface area contributed by atoms with Gasteiger partial charge in [0.25, 0.3) is 5.91 Å². The van der Waals surface area contributed by atoms with Crippen molar-refractivity contribution in [1.82, 2.24) is 20.2 Å². The lowest BCUT2D eigenvalue weighted by atomic mass is 9.98. The summed E-state index contributed by atoms with van der Waals surface area (Å²) in [6.07, 6.45) is 4.12. The lowest BCUT2D eigenvalue weighted by Crippen LogP contribution is -2.48. The zero-order valence-corrected chi connectivity index (χ0v) is 24.3. The standard InChI is InChI=1S/C31H37ClFN5O2/c1-20(11-14-34-31(40)30-21(2)35-19-36-22(30)3)37-15-12-28(13-16-37)38(18-25-17-26(32)7-10-29(25)33)27-8-5-24(6-9-27)23(4)39/h5-10,17,19-20,28H,11-16,18H2,1-4H3,(H,34,40). The van der Waals surface area contributed by atoms with Gasteiger partial charge in [0.2, 0.25) is 0 Å². The fraction of sp³-hybridized carbons (Fsp3) is 0.419. The largest absolute Gasteiger partial charge is 0.364 e. The number of nitrogens with one attached hydrogen (secondary N) is 1. The van der Waals surface area contributed by atoms with Gasteiger partial charge in [0, 0.05) is 60.1 Å². The Morgan fingerprint density at radius 3 is 2.38 bits per heavy atom. The number of aryl methyl sites for hydroxylation is 2. The highest BCUT2D eigenvalue weighted by atomic mass is 35.5. The van der Waals surface area contributed by atoms with Gasteiger partial charge in [0.1, 0.15) is 12.1 Å². The monoisotopic (exact) mass is 565 g/mol. The third-order valence-corrected chi connectivity index (χ3v) is 8.05. The van der Waals surface area contributed by atoms with Crippen LogP contribution in [0.25, 0.3) is 0 Å². The van der Waals surface area contributed by atoms with Gasteiger partial charge in [-0.2, -0.15) is 0 Å². The van der Waals surface area contributed by atoms with Crippen molar-refractivity contribution in [3.8, 4) is 0 Å². The summed E-state index contributed by atoms with van der Waals surface area (Å²) in [7, 11) is 0. The lowest BCUT2D eigenvalue weighted by molar-refractivity contribution is 0.0942. The van der Waals surface area contributed by atoms with E-state index in [9.17, 15) is 14.0 Å². The molecule has 0 bridgehead atoms.